The molecule has 0 radical (unpaired) electrons. The predicted molar refractivity (Wildman–Crippen MR) is 111 cm³/mol. The van der Waals surface area contributed by atoms with Crippen molar-refractivity contribution in [3.8, 4) is 0 Å². The number of aryl methyl sites for hydroxylation is 1. The van der Waals surface area contributed by atoms with Gasteiger partial charge in [0, 0.05) is 38.0 Å². The van der Waals surface area contributed by atoms with Crippen LogP contribution in [0.4, 0.5) is 0 Å². The summed E-state index contributed by atoms with van der Waals surface area (Å²) in [5.74, 6) is 1.25. The molecular weight excluding hydrogens is 394 g/mol. The standard InChI is InChI=1S/C21H29N3O4.ClH/c1-13-18-16(25)7-2-8-17(18)28-19(13)21(27)24-10-4-5-14(12-24)11-23-20(26)15-6-3-9-22-15;/h14-15,22H,2-12H2,1H3,(H,23,26);1H. The van der Waals surface area contributed by atoms with E-state index in [9.17, 15) is 14.4 Å². The van der Waals surface area contributed by atoms with E-state index in [-0.39, 0.29) is 42.0 Å². The van der Waals surface area contributed by atoms with Gasteiger partial charge in [0.2, 0.25) is 5.91 Å². The first-order valence-corrected chi connectivity index (χ1v) is 10.5. The van der Waals surface area contributed by atoms with Crippen LogP contribution in [-0.2, 0) is 11.2 Å². The zero-order valence-corrected chi connectivity index (χ0v) is 17.7. The normalized spacial score (nSPS) is 24.0. The van der Waals surface area contributed by atoms with Gasteiger partial charge in [-0.2, -0.15) is 0 Å². The summed E-state index contributed by atoms with van der Waals surface area (Å²) in [5.41, 5.74) is 1.31. The molecule has 1 aliphatic carbocycles. The van der Waals surface area contributed by atoms with Crippen molar-refractivity contribution >= 4 is 30.0 Å². The third-order valence-corrected chi connectivity index (χ3v) is 6.25. The van der Waals surface area contributed by atoms with Crippen molar-refractivity contribution in [1.82, 2.24) is 15.5 Å². The molecule has 1 aromatic rings. The minimum atomic E-state index is -0.131. The maximum absolute atomic E-state index is 13.1. The number of piperidine rings is 1. The van der Waals surface area contributed by atoms with Gasteiger partial charge >= 0.3 is 0 Å². The van der Waals surface area contributed by atoms with Crippen molar-refractivity contribution < 1.29 is 18.8 Å². The van der Waals surface area contributed by atoms with Gasteiger partial charge in [-0.15, -0.1) is 12.4 Å². The molecule has 3 aliphatic rings. The van der Waals surface area contributed by atoms with Gasteiger partial charge in [-0.3, -0.25) is 14.4 Å². The van der Waals surface area contributed by atoms with Crippen molar-refractivity contribution in [2.75, 3.05) is 26.2 Å². The van der Waals surface area contributed by atoms with Crippen LogP contribution in [0.5, 0.6) is 0 Å². The second-order valence-corrected chi connectivity index (χ2v) is 8.28. The molecule has 2 unspecified atom stereocenters. The number of rotatable bonds is 4. The van der Waals surface area contributed by atoms with Crippen molar-refractivity contribution in [3.05, 3.63) is 22.6 Å². The topological polar surface area (TPSA) is 91.7 Å². The van der Waals surface area contributed by atoms with E-state index < -0.39 is 0 Å². The van der Waals surface area contributed by atoms with Crippen molar-refractivity contribution in [2.24, 2.45) is 5.92 Å². The van der Waals surface area contributed by atoms with E-state index in [0.717, 1.165) is 45.1 Å². The summed E-state index contributed by atoms with van der Waals surface area (Å²) < 4.78 is 5.83. The Morgan fingerprint density at radius 2 is 2.03 bits per heavy atom. The number of hydrogen-bond acceptors (Lipinski definition) is 5. The molecule has 2 fully saturated rings. The maximum Gasteiger partial charge on any atom is 0.289 e. The molecule has 29 heavy (non-hydrogen) atoms. The second kappa shape index (κ2) is 9.30. The van der Waals surface area contributed by atoms with Crippen molar-refractivity contribution in [3.63, 3.8) is 0 Å². The Balaban J connectivity index is 0.00000240. The number of amides is 2. The van der Waals surface area contributed by atoms with Gasteiger partial charge in [0.15, 0.2) is 11.5 Å². The molecule has 4 rings (SSSR count). The summed E-state index contributed by atoms with van der Waals surface area (Å²) in [7, 11) is 0. The van der Waals surface area contributed by atoms with Gasteiger partial charge < -0.3 is 20.0 Å². The van der Waals surface area contributed by atoms with Crippen LogP contribution in [0.2, 0.25) is 0 Å². The SMILES string of the molecule is Cc1c(C(=O)N2CCCC(CNC(=O)C3CCCN3)C2)oc2c1C(=O)CCC2.Cl. The molecule has 8 heteroatoms. The Kier molecular flexibility index (Phi) is 7.01. The van der Waals surface area contributed by atoms with E-state index in [1.165, 1.54) is 0 Å². The zero-order valence-electron chi connectivity index (χ0n) is 16.9. The number of carbonyl (C=O) groups is 3. The van der Waals surface area contributed by atoms with Gasteiger partial charge in [-0.05, 0) is 51.5 Å². The molecule has 0 aromatic carbocycles. The molecule has 2 saturated heterocycles. The summed E-state index contributed by atoms with van der Waals surface area (Å²) in [6.45, 7) is 4.60. The zero-order chi connectivity index (χ0) is 19.7. The van der Waals surface area contributed by atoms with E-state index >= 15 is 0 Å². The van der Waals surface area contributed by atoms with Gasteiger partial charge in [-0.1, -0.05) is 0 Å². The summed E-state index contributed by atoms with van der Waals surface area (Å²) >= 11 is 0. The van der Waals surface area contributed by atoms with Crippen LogP contribution in [0.1, 0.15) is 70.8 Å². The highest BCUT2D eigenvalue weighted by Gasteiger charge is 2.33. The van der Waals surface area contributed by atoms with Gasteiger partial charge in [-0.25, -0.2) is 0 Å². The van der Waals surface area contributed by atoms with Crippen molar-refractivity contribution in [1.29, 1.82) is 0 Å². The molecule has 0 bridgehead atoms. The molecule has 0 saturated carbocycles. The Bertz CT molecular complexity index is 785. The third-order valence-electron chi connectivity index (χ3n) is 6.25. The average Bonchev–Trinajstić information content (AvgIpc) is 3.35. The Hall–Kier alpha value is -1.86. The fraction of sp³-hybridized carbons (Fsp3) is 0.667. The number of fused-ring (bicyclic) bond motifs is 1. The Labute approximate surface area is 177 Å². The minimum Gasteiger partial charge on any atom is -0.455 e. The van der Waals surface area contributed by atoms with Gasteiger partial charge in [0.05, 0.1) is 11.6 Å². The lowest BCUT2D eigenvalue weighted by Crippen LogP contribution is -2.46. The molecule has 7 nitrogen and oxygen atoms in total. The fourth-order valence-electron chi connectivity index (χ4n) is 4.69. The largest absolute Gasteiger partial charge is 0.455 e. The van der Waals surface area contributed by atoms with Crippen LogP contribution in [-0.4, -0.2) is 54.7 Å². The van der Waals surface area contributed by atoms with Crippen molar-refractivity contribution in [2.45, 2.75) is 57.9 Å². The molecule has 3 heterocycles. The summed E-state index contributed by atoms with van der Waals surface area (Å²) in [5, 5.41) is 6.25. The first-order chi connectivity index (χ1) is 13.5. The quantitative estimate of drug-likeness (QED) is 0.774. The van der Waals surface area contributed by atoms with Gasteiger partial charge in [0.25, 0.3) is 5.91 Å². The van der Waals surface area contributed by atoms with E-state index in [2.05, 4.69) is 10.6 Å². The van der Waals surface area contributed by atoms with Crippen LogP contribution in [0.25, 0.3) is 0 Å². The lowest BCUT2D eigenvalue weighted by molar-refractivity contribution is -0.123. The van der Waals surface area contributed by atoms with E-state index in [4.69, 9.17) is 4.42 Å². The molecule has 2 aliphatic heterocycles. The first-order valence-electron chi connectivity index (χ1n) is 10.5. The number of halogens is 1. The monoisotopic (exact) mass is 423 g/mol. The molecule has 1 aromatic heterocycles. The van der Waals surface area contributed by atoms with E-state index in [1.54, 1.807) is 0 Å². The highest BCUT2D eigenvalue weighted by molar-refractivity contribution is 6.03. The molecule has 2 atom stereocenters. The van der Waals surface area contributed by atoms with Crippen LogP contribution in [0.3, 0.4) is 0 Å². The summed E-state index contributed by atoms with van der Waals surface area (Å²) in [4.78, 5) is 39.3. The number of nitrogens with one attached hydrogen (secondary N) is 2. The molecule has 0 spiro atoms. The van der Waals surface area contributed by atoms with E-state index in [0.29, 0.717) is 48.7 Å². The summed E-state index contributed by atoms with van der Waals surface area (Å²) in [6, 6.07) is -0.0732. The highest BCUT2D eigenvalue weighted by Crippen LogP contribution is 2.30. The number of nitrogens with zero attached hydrogens (tertiary/aromatic N) is 1. The number of furan rings is 1. The average molecular weight is 424 g/mol. The highest BCUT2D eigenvalue weighted by atomic mass is 35.5. The lowest BCUT2D eigenvalue weighted by Gasteiger charge is -2.32. The third kappa shape index (κ3) is 4.51. The number of likely N-dealkylation sites (tertiary alicyclic amines) is 1. The number of carbonyl (C=O) groups excluding carboxylic acids is 3. The van der Waals surface area contributed by atoms with Crippen LogP contribution in [0.15, 0.2) is 4.42 Å². The molecule has 2 amide bonds. The van der Waals surface area contributed by atoms with E-state index in [1.807, 2.05) is 11.8 Å². The fourth-order valence-corrected chi connectivity index (χ4v) is 4.69. The Morgan fingerprint density at radius 3 is 2.76 bits per heavy atom. The minimum absolute atomic E-state index is 0. The Morgan fingerprint density at radius 1 is 1.21 bits per heavy atom. The van der Waals surface area contributed by atoms with Crippen LogP contribution < -0.4 is 10.6 Å². The predicted octanol–water partition coefficient (Wildman–Crippen LogP) is 2.25. The number of ketones is 1. The van der Waals surface area contributed by atoms with Crippen LogP contribution >= 0.6 is 12.4 Å². The van der Waals surface area contributed by atoms with Gasteiger partial charge in [0.1, 0.15) is 5.76 Å². The summed E-state index contributed by atoms with van der Waals surface area (Å²) in [6.07, 6.45) is 5.87. The first kappa shape index (κ1) is 21.8. The molecular formula is C21H30ClN3O4. The maximum atomic E-state index is 13.1. The molecule has 160 valence electrons. The number of hydrogen-bond donors (Lipinski definition) is 2. The molecule has 2 N–H and O–H groups in total. The number of Topliss-reactive ketones (excluding diaryl/α,β-unsaturated/α-hetero) is 1. The lowest BCUT2D eigenvalue weighted by atomic mass is 9.93. The smallest absolute Gasteiger partial charge is 0.289 e. The second-order valence-electron chi connectivity index (χ2n) is 8.28. The van der Waals surface area contributed by atoms with Crippen LogP contribution in [0, 0.1) is 12.8 Å².